The second-order valence-corrected chi connectivity index (χ2v) is 22.8. The quantitative estimate of drug-likeness (QED) is 0.159. The van der Waals surface area contributed by atoms with E-state index < -0.39 is 16.3 Å². The molecule has 0 atom stereocenters. The van der Waals surface area contributed by atoms with Crippen LogP contribution in [0, 0.1) is 0 Å². The van der Waals surface area contributed by atoms with E-state index in [2.05, 4.69) is 132 Å². The summed E-state index contributed by atoms with van der Waals surface area (Å²) in [7, 11) is -3.34. The molecule has 0 fully saturated rings. The topological polar surface area (TPSA) is 71.0 Å². The minimum atomic E-state index is -1.96. The fraction of sp³-hybridized carbons (Fsp3) is 0.333. The van der Waals surface area contributed by atoms with Crippen LogP contribution in [0.1, 0.15) is 105 Å². The third-order valence-corrected chi connectivity index (χ3v) is 13.7. The van der Waals surface area contributed by atoms with Crippen molar-refractivity contribution >= 4 is 60.1 Å². The lowest BCUT2D eigenvalue weighted by Gasteiger charge is -2.32. The van der Waals surface area contributed by atoms with Gasteiger partial charge in [0.25, 0.3) is 0 Å². The fourth-order valence-corrected chi connectivity index (χ4v) is 10.1. The average molecular weight is 867 g/mol. The van der Waals surface area contributed by atoms with Crippen LogP contribution in [-0.2, 0) is 27.8 Å². The van der Waals surface area contributed by atoms with Gasteiger partial charge in [0.05, 0.1) is 6.16 Å². The normalized spacial score (nSPS) is 12.6. The van der Waals surface area contributed by atoms with Gasteiger partial charge in [-0.25, -0.2) is 0 Å². The summed E-state index contributed by atoms with van der Waals surface area (Å²) < 4.78 is 41.2. The summed E-state index contributed by atoms with van der Waals surface area (Å²) in [6, 6.07) is 41.7. The van der Waals surface area contributed by atoms with Crippen LogP contribution in [0.2, 0.25) is 0 Å². The van der Waals surface area contributed by atoms with Gasteiger partial charge in [0.1, 0.15) is 40.4 Å². The number of hydrogen-bond donors (Lipinski definition) is 0. The number of ether oxygens (including phenoxy) is 1. The van der Waals surface area contributed by atoms with E-state index in [9.17, 15) is 0 Å². The highest BCUT2D eigenvalue weighted by atomic mass is 31.1. The monoisotopic (exact) mass is 866 g/mol. The highest BCUT2D eigenvalue weighted by molar-refractivity contribution is 7.36. The van der Waals surface area contributed by atoms with Crippen molar-refractivity contribution in [2.45, 2.75) is 111 Å². The van der Waals surface area contributed by atoms with E-state index in [-0.39, 0.29) is 21.7 Å². The van der Waals surface area contributed by atoms with Gasteiger partial charge < -0.3 is 26.0 Å². The van der Waals surface area contributed by atoms with Gasteiger partial charge in [0.15, 0.2) is 0 Å². The van der Waals surface area contributed by atoms with Crippen molar-refractivity contribution < 1.29 is 26.0 Å². The van der Waals surface area contributed by atoms with Gasteiger partial charge in [-0.05, 0) is 69.2 Å². The Bertz CT molecular complexity index is 2900. The highest BCUT2D eigenvalue weighted by Crippen LogP contribution is 2.52. The molecule has 0 saturated carbocycles. The molecular weight excluding hydrogens is 807 g/mol. The molecule has 0 unspecified atom stereocenters. The first-order chi connectivity index (χ1) is 29.3. The minimum Gasteiger partial charge on any atom is -0.492 e. The Morgan fingerprint density at radius 1 is 0.419 bits per heavy atom. The van der Waals surface area contributed by atoms with Gasteiger partial charge in [-0.3, -0.25) is 0 Å². The Morgan fingerprint density at radius 3 is 1.16 bits per heavy atom. The second kappa shape index (κ2) is 16.4. The molecule has 2 heterocycles. The van der Waals surface area contributed by atoms with Crippen molar-refractivity contribution in [3.63, 3.8) is 0 Å². The summed E-state index contributed by atoms with van der Waals surface area (Å²) in [6.45, 7) is 27.5. The number of fused-ring (bicyclic) bond motifs is 6. The van der Waals surface area contributed by atoms with Gasteiger partial charge in [-0.15, -0.1) is 0 Å². The van der Waals surface area contributed by atoms with E-state index in [1.807, 2.05) is 72.8 Å². The maximum absolute atomic E-state index is 7.27. The Balaban J connectivity index is 1.37. The van der Waals surface area contributed by atoms with Crippen LogP contribution in [0.3, 0.4) is 0 Å². The maximum atomic E-state index is 7.27. The molecule has 8 aromatic rings. The summed E-state index contributed by atoms with van der Waals surface area (Å²) in [5.74, 6) is 1.54. The lowest BCUT2D eigenvalue weighted by atomic mass is 9.75. The minimum absolute atomic E-state index is 0.167. The molecule has 0 radical (unpaired) electrons. The van der Waals surface area contributed by atoms with E-state index in [0.717, 1.165) is 77.6 Å². The molecule has 8 heteroatoms. The van der Waals surface area contributed by atoms with Gasteiger partial charge in [0.2, 0.25) is 8.01 Å². The van der Waals surface area contributed by atoms with E-state index >= 15 is 0 Å². The molecule has 0 aliphatic heterocycles. The third-order valence-electron chi connectivity index (χ3n) is 11.4. The first-order valence-corrected chi connectivity index (χ1v) is 24.1. The van der Waals surface area contributed by atoms with E-state index in [1.54, 1.807) is 0 Å². The average Bonchev–Trinajstić information content (AvgIpc) is 3.46. The lowest BCUT2D eigenvalue weighted by Crippen LogP contribution is -2.20. The summed E-state index contributed by atoms with van der Waals surface area (Å²) in [6.07, 6.45) is 0.548. The number of hydrogen-bond acceptors (Lipinski definition) is 6. The Kier molecular flexibility index (Phi) is 11.5. The van der Waals surface area contributed by atoms with Gasteiger partial charge in [-0.2, -0.15) is 0 Å². The molecule has 0 aliphatic carbocycles. The number of para-hydroxylation sites is 4. The standard InChI is InChI=1S/C54H60O6P2/c1-51(2,3)35-31-41(49(43(33-35)53(7,8)9)55-29-30-61-56-45-25-17-13-21-37(45)38-22-14-18-26-46(38)57-61)42-32-36(52(4,5)6)34-44(54(10,11)12)50(42)60-62-58-47-27-19-15-23-39(47)40-24-16-20-28-48(40)59-62/h13-28,31-34H,29-30H2,1-12H3. The van der Waals surface area contributed by atoms with Crippen LogP contribution in [0.25, 0.3) is 55.0 Å². The van der Waals surface area contributed by atoms with Crippen molar-refractivity contribution in [1.82, 2.24) is 0 Å². The predicted octanol–water partition coefficient (Wildman–Crippen LogP) is 17.7. The zero-order valence-corrected chi connectivity index (χ0v) is 40.1. The molecule has 0 saturated heterocycles. The molecule has 62 heavy (non-hydrogen) atoms. The third kappa shape index (κ3) is 8.96. The number of rotatable bonds is 7. The fourth-order valence-electron chi connectivity index (χ4n) is 7.81. The molecular formula is C54H60O6P2. The van der Waals surface area contributed by atoms with E-state index in [0.29, 0.717) is 12.8 Å². The number of benzene rings is 6. The zero-order valence-electron chi connectivity index (χ0n) is 38.3. The van der Waals surface area contributed by atoms with Crippen LogP contribution in [-0.4, -0.2) is 6.61 Å². The van der Waals surface area contributed by atoms with Gasteiger partial charge >= 0.3 is 8.24 Å². The molecule has 0 spiro atoms. The van der Waals surface area contributed by atoms with Crippen molar-refractivity contribution in [1.29, 1.82) is 0 Å². The van der Waals surface area contributed by atoms with Crippen LogP contribution < -0.4 is 9.26 Å². The van der Waals surface area contributed by atoms with Crippen molar-refractivity contribution in [3.8, 4) is 22.6 Å². The first kappa shape index (κ1) is 43.4. The smallest absolute Gasteiger partial charge is 0.453 e. The highest BCUT2D eigenvalue weighted by Gasteiger charge is 2.33. The first-order valence-electron chi connectivity index (χ1n) is 21.6. The predicted molar refractivity (Wildman–Crippen MR) is 261 cm³/mol. The zero-order chi connectivity index (χ0) is 44.2. The summed E-state index contributed by atoms with van der Waals surface area (Å²) in [4.78, 5) is 0. The lowest BCUT2D eigenvalue weighted by molar-refractivity contribution is 0.320. The van der Waals surface area contributed by atoms with Crippen molar-refractivity contribution in [2.75, 3.05) is 6.61 Å². The SMILES string of the molecule is CC(C)(C)c1cc(-c2cc(C(C)(C)C)cc(C(C)(C)C)c2Op2oc3ccccc3c3ccccc3o2)c(OCCp2oc3ccccc3c3ccccc3o2)c(C(C)(C)C)c1. The molecule has 8 rings (SSSR count). The molecule has 0 N–H and O–H groups in total. The van der Waals surface area contributed by atoms with E-state index in [1.165, 1.54) is 11.1 Å². The van der Waals surface area contributed by atoms with Crippen LogP contribution in [0.5, 0.6) is 11.5 Å². The van der Waals surface area contributed by atoms with E-state index in [4.69, 9.17) is 26.0 Å². The Morgan fingerprint density at radius 2 is 0.774 bits per heavy atom. The van der Waals surface area contributed by atoms with Crippen molar-refractivity contribution in [3.05, 3.63) is 144 Å². The summed E-state index contributed by atoms with van der Waals surface area (Å²) in [5, 5.41) is 3.99. The van der Waals surface area contributed by atoms with Gasteiger partial charge in [-0.1, -0.05) is 168 Å². The van der Waals surface area contributed by atoms with Gasteiger partial charge in [0, 0.05) is 43.8 Å². The van der Waals surface area contributed by atoms with Crippen LogP contribution in [0.4, 0.5) is 0 Å². The maximum Gasteiger partial charge on any atom is 0.453 e. The van der Waals surface area contributed by atoms with Crippen LogP contribution in [0.15, 0.2) is 138 Å². The Labute approximate surface area is 368 Å². The summed E-state index contributed by atoms with van der Waals surface area (Å²) in [5.41, 5.74) is 8.62. The molecule has 2 aromatic heterocycles. The molecule has 0 amide bonds. The molecule has 322 valence electrons. The van der Waals surface area contributed by atoms with Crippen molar-refractivity contribution in [2.24, 2.45) is 0 Å². The Hall–Kier alpha value is -5.28. The molecule has 0 bridgehead atoms. The molecule has 6 aromatic carbocycles. The molecule has 0 aliphatic rings. The largest absolute Gasteiger partial charge is 0.492 e. The second-order valence-electron chi connectivity index (χ2n) is 20.4. The molecule has 6 nitrogen and oxygen atoms in total. The summed E-state index contributed by atoms with van der Waals surface area (Å²) >= 11 is 0. The van der Waals surface area contributed by atoms with Crippen LogP contribution >= 0.6 is 16.3 Å².